The summed E-state index contributed by atoms with van der Waals surface area (Å²) in [5, 5.41) is 4.65. The Labute approximate surface area is 118 Å². The molecule has 3 nitrogen and oxygen atoms in total. The van der Waals surface area contributed by atoms with E-state index in [0.29, 0.717) is 0 Å². The van der Waals surface area contributed by atoms with E-state index in [0.717, 1.165) is 26.2 Å². The van der Waals surface area contributed by atoms with E-state index in [1.165, 1.54) is 5.69 Å². The van der Waals surface area contributed by atoms with E-state index in [1.54, 1.807) is 0 Å². The van der Waals surface area contributed by atoms with Gasteiger partial charge in [-0.05, 0) is 39.8 Å². The lowest BCUT2D eigenvalue weighted by Crippen LogP contribution is -2.45. The monoisotopic (exact) mass is 264 g/mol. The zero-order chi connectivity index (χ0) is 14.3. The number of hydrogen-bond acceptors (Lipinski definition) is 3. The van der Waals surface area contributed by atoms with E-state index in [4.69, 9.17) is 4.74 Å². The van der Waals surface area contributed by atoms with E-state index in [2.05, 4.69) is 75.0 Å². The van der Waals surface area contributed by atoms with Crippen LogP contribution in [0.25, 0.3) is 0 Å². The Hall–Kier alpha value is -1.06. The van der Waals surface area contributed by atoms with Crippen LogP contribution in [0.4, 0.5) is 5.69 Å². The highest BCUT2D eigenvalue weighted by molar-refractivity contribution is 5.44. The highest BCUT2D eigenvalue weighted by Gasteiger charge is 2.15. The first-order valence-electron chi connectivity index (χ1n) is 7.19. The third kappa shape index (κ3) is 5.62. The van der Waals surface area contributed by atoms with Crippen molar-refractivity contribution in [1.29, 1.82) is 0 Å². The summed E-state index contributed by atoms with van der Waals surface area (Å²) in [4.78, 5) is 0. The van der Waals surface area contributed by atoms with E-state index in [9.17, 15) is 0 Å². The molecule has 1 aromatic carbocycles. The van der Waals surface area contributed by atoms with Crippen LogP contribution in [0.1, 0.15) is 34.6 Å². The first kappa shape index (κ1) is 16.0. The minimum Gasteiger partial charge on any atom is -0.374 e. The number of hydrogen-bond donors (Lipinski definition) is 0. The fraction of sp³-hybridized carbons (Fsp3) is 0.625. The number of benzene rings is 1. The molecule has 0 fully saturated rings. The molecule has 0 saturated carbocycles. The van der Waals surface area contributed by atoms with Crippen molar-refractivity contribution in [1.82, 2.24) is 5.01 Å². The van der Waals surface area contributed by atoms with Gasteiger partial charge in [-0.2, -0.15) is 0 Å². The molecule has 0 N–H and O–H groups in total. The largest absolute Gasteiger partial charge is 0.374 e. The summed E-state index contributed by atoms with van der Waals surface area (Å²) in [7, 11) is 0. The number of para-hydroxylation sites is 1. The molecule has 0 aromatic heterocycles. The summed E-state index contributed by atoms with van der Waals surface area (Å²) in [5.41, 5.74) is 1.17. The molecule has 0 saturated heterocycles. The maximum absolute atomic E-state index is 5.82. The van der Waals surface area contributed by atoms with Crippen LogP contribution in [-0.2, 0) is 4.74 Å². The molecule has 1 rings (SSSR count). The average Bonchev–Trinajstić information content (AvgIpc) is 2.37. The minimum absolute atomic E-state index is 0.0663. The van der Waals surface area contributed by atoms with Gasteiger partial charge in [0.1, 0.15) is 0 Å². The molecule has 1 aromatic rings. The Morgan fingerprint density at radius 1 is 1.00 bits per heavy atom. The molecule has 0 aliphatic heterocycles. The summed E-state index contributed by atoms with van der Waals surface area (Å²) < 4.78 is 5.82. The number of ether oxygens (including phenoxy) is 1. The zero-order valence-corrected chi connectivity index (χ0v) is 13.0. The lowest BCUT2D eigenvalue weighted by molar-refractivity contribution is -0.0137. The molecule has 0 aliphatic carbocycles. The van der Waals surface area contributed by atoms with E-state index < -0.39 is 0 Å². The van der Waals surface area contributed by atoms with Crippen LogP contribution >= 0.6 is 0 Å². The fourth-order valence-electron chi connectivity index (χ4n) is 2.05. The molecule has 0 bridgehead atoms. The van der Waals surface area contributed by atoms with Crippen LogP contribution in [0, 0.1) is 0 Å². The lowest BCUT2D eigenvalue weighted by Gasteiger charge is -2.36. The van der Waals surface area contributed by atoms with Crippen molar-refractivity contribution in [3.63, 3.8) is 0 Å². The minimum atomic E-state index is -0.0663. The topological polar surface area (TPSA) is 15.7 Å². The second-order valence-corrected chi connectivity index (χ2v) is 5.56. The van der Waals surface area contributed by atoms with Crippen molar-refractivity contribution < 1.29 is 4.74 Å². The molecule has 0 atom stereocenters. The van der Waals surface area contributed by atoms with Gasteiger partial charge in [-0.15, -0.1) is 0 Å². The van der Waals surface area contributed by atoms with Crippen LogP contribution in [0.3, 0.4) is 0 Å². The third-order valence-electron chi connectivity index (χ3n) is 2.94. The molecular formula is C16H28N2O. The van der Waals surface area contributed by atoms with Gasteiger partial charge in [0, 0.05) is 19.6 Å². The quantitative estimate of drug-likeness (QED) is 0.700. The van der Waals surface area contributed by atoms with Crippen LogP contribution in [0.15, 0.2) is 30.3 Å². The van der Waals surface area contributed by atoms with Gasteiger partial charge < -0.3 is 9.75 Å². The summed E-state index contributed by atoms with van der Waals surface area (Å²) in [6.07, 6.45) is 0. The van der Waals surface area contributed by atoms with Gasteiger partial charge in [0.25, 0.3) is 0 Å². The smallest absolute Gasteiger partial charge is 0.0619 e. The standard InChI is InChI=1S/C16H28N2O/c1-6-17(13-14-19-16(3,4)5)18(7-2)15-11-9-8-10-12-15/h8-12H,6-7,13-14H2,1-5H3. The summed E-state index contributed by atoms with van der Waals surface area (Å²) in [5.74, 6) is 0. The van der Waals surface area contributed by atoms with E-state index in [-0.39, 0.29) is 5.60 Å². The molecule has 0 radical (unpaired) electrons. The van der Waals surface area contributed by atoms with Crippen LogP contribution in [0.5, 0.6) is 0 Å². The van der Waals surface area contributed by atoms with Gasteiger partial charge in [0.2, 0.25) is 0 Å². The van der Waals surface area contributed by atoms with Crippen LogP contribution in [0.2, 0.25) is 0 Å². The van der Waals surface area contributed by atoms with Gasteiger partial charge in [0.05, 0.1) is 17.9 Å². The van der Waals surface area contributed by atoms with E-state index >= 15 is 0 Å². The second-order valence-electron chi connectivity index (χ2n) is 5.56. The van der Waals surface area contributed by atoms with Gasteiger partial charge in [-0.3, -0.25) is 0 Å². The van der Waals surface area contributed by atoms with Crippen LogP contribution < -0.4 is 5.01 Å². The van der Waals surface area contributed by atoms with Crippen molar-refractivity contribution in [3.8, 4) is 0 Å². The molecule has 0 aliphatic rings. The van der Waals surface area contributed by atoms with Gasteiger partial charge in [-0.25, -0.2) is 5.01 Å². The molecular weight excluding hydrogens is 236 g/mol. The summed E-state index contributed by atoms with van der Waals surface area (Å²) in [6.45, 7) is 14.3. The molecule has 108 valence electrons. The summed E-state index contributed by atoms with van der Waals surface area (Å²) in [6, 6.07) is 10.5. The molecule has 19 heavy (non-hydrogen) atoms. The molecule has 0 spiro atoms. The number of likely N-dealkylation sites (N-methyl/N-ethyl adjacent to an activating group) is 1. The Morgan fingerprint density at radius 3 is 2.11 bits per heavy atom. The van der Waals surface area contributed by atoms with Crippen molar-refractivity contribution in [3.05, 3.63) is 30.3 Å². The molecule has 0 heterocycles. The van der Waals surface area contributed by atoms with Gasteiger partial charge in [-0.1, -0.05) is 25.1 Å². The average molecular weight is 264 g/mol. The highest BCUT2D eigenvalue weighted by atomic mass is 16.5. The van der Waals surface area contributed by atoms with Crippen molar-refractivity contribution in [2.24, 2.45) is 0 Å². The Kier molecular flexibility index (Phi) is 6.32. The third-order valence-corrected chi connectivity index (χ3v) is 2.94. The predicted octanol–water partition coefficient (Wildman–Crippen LogP) is 3.56. The van der Waals surface area contributed by atoms with Crippen molar-refractivity contribution in [2.75, 3.05) is 31.3 Å². The number of hydrazine groups is 1. The van der Waals surface area contributed by atoms with Crippen LogP contribution in [-0.4, -0.2) is 36.9 Å². The highest BCUT2D eigenvalue weighted by Crippen LogP contribution is 2.15. The number of anilines is 1. The Morgan fingerprint density at radius 2 is 1.63 bits per heavy atom. The number of rotatable bonds is 7. The fourth-order valence-corrected chi connectivity index (χ4v) is 2.05. The Balaban J connectivity index is 2.61. The van der Waals surface area contributed by atoms with E-state index in [1.807, 2.05) is 0 Å². The Bertz CT molecular complexity index is 346. The SMILES string of the molecule is CCN(CCOC(C)(C)C)N(CC)c1ccccc1. The normalized spacial score (nSPS) is 11.9. The maximum Gasteiger partial charge on any atom is 0.0619 e. The first-order chi connectivity index (χ1) is 8.98. The summed E-state index contributed by atoms with van der Waals surface area (Å²) >= 11 is 0. The zero-order valence-electron chi connectivity index (χ0n) is 13.0. The molecule has 3 heteroatoms. The van der Waals surface area contributed by atoms with Crippen molar-refractivity contribution >= 4 is 5.69 Å². The second kappa shape index (κ2) is 7.51. The predicted molar refractivity (Wildman–Crippen MR) is 82.4 cm³/mol. The van der Waals surface area contributed by atoms with Crippen molar-refractivity contribution in [2.45, 2.75) is 40.2 Å². The number of nitrogens with zero attached hydrogens (tertiary/aromatic N) is 2. The van der Waals surface area contributed by atoms with Gasteiger partial charge >= 0.3 is 0 Å². The maximum atomic E-state index is 5.82. The molecule has 0 unspecified atom stereocenters. The molecule has 0 amide bonds. The first-order valence-corrected chi connectivity index (χ1v) is 7.19. The lowest BCUT2D eigenvalue weighted by atomic mass is 10.2. The van der Waals surface area contributed by atoms with Gasteiger partial charge in [0.15, 0.2) is 0 Å².